The summed E-state index contributed by atoms with van der Waals surface area (Å²) in [5, 5.41) is 10.6. The third-order valence-electron chi connectivity index (χ3n) is 4.67. The second-order valence-corrected chi connectivity index (χ2v) is 7.11. The first-order valence-electron chi connectivity index (χ1n) is 9.59. The first kappa shape index (κ1) is 19.4. The van der Waals surface area contributed by atoms with E-state index in [1.54, 1.807) is 0 Å². The lowest BCUT2D eigenvalue weighted by Gasteiger charge is -2.35. The molecular weight excluding hydrogens is 308 g/mol. The Morgan fingerprint density at radius 1 is 1.04 bits per heavy atom. The quantitative estimate of drug-likeness (QED) is 0.623. The maximum Gasteiger partial charge on any atom is 0.132 e. The van der Waals surface area contributed by atoms with Crippen molar-refractivity contribution in [3.63, 3.8) is 0 Å². The molecule has 0 fully saturated rings. The molecule has 0 amide bonds. The number of aromatic hydroxyl groups is 1. The van der Waals surface area contributed by atoms with Crippen molar-refractivity contribution in [2.24, 2.45) is 0 Å². The molecule has 2 aromatic carbocycles. The number of fused-ring (bicyclic) bond motifs is 3. The predicted molar refractivity (Wildman–Crippen MR) is 107 cm³/mol. The van der Waals surface area contributed by atoms with E-state index >= 15 is 0 Å². The molecule has 0 bridgehead atoms. The molecule has 2 heteroatoms. The molecule has 2 nitrogen and oxygen atoms in total. The summed E-state index contributed by atoms with van der Waals surface area (Å²) in [6.45, 7) is 12.5. The molecule has 0 unspecified atom stereocenters. The van der Waals surface area contributed by atoms with Crippen LogP contribution in [0, 0.1) is 6.92 Å². The molecular formula is C23H32O2. The Morgan fingerprint density at radius 2 is 1.76 bits per heavy atom. The van der Waals surface area contributed by atoms with E-state index in [1.165, 1.54) is 18.4 Å². The summed E-state index contributed by atoms with van der Waals surface area (Å²) in [6.07, 6.45) is 4.55. The lowest BCUT2D eigenvalue weighted by molar-refractivity contribution is 0.105. The topological polar surface area (TPSA) is 29.5 Å². The molecule has 25 heavy (non-hydrogen) atoms. The second-order valence-electron chi connectivity index (χ2n) is 7.11. The Bertz CT molecular complexity index is 729. The molecule has 0 radical (unpaired) electrons. The number of aryl methyl sites for hydroxylation is 2. The standard InChI is InChI=1S/C21H26O2.C2H6/c1-5-6-7-8-15-12-18(22)20-16-11-14(2)9-10-17(16)21(3,4)23-19(20)13-15;1-2/h9-13,22H,5-8H2,1-4H3;1-2H3. The number of benzene rings is 2. The minimum absolute atomic E-state index is 0.330. The highest BCUT2D eigenvalue weighted by Crippen LogP contribution is 2.49. The summed E-state index contributed by atoms with van der Waals surface area (Å²) in [5.74, 6) is 1.14. The lowest BCUT2D eigenvalue weighted by Crippen LogP contribution is -2.29. The van der Waals surface area contributed by atoms with Gasteiger partial charge in [-0.05, 0) is 56.9 Å². The number of phenols is 1. The Kier molecular flexibility index (Phi) is 6.16. The molecule has 136 valence electrons. The summed E-state index contributed by atoms with van der Waals surface area (Å²) < 4.78 is 6.25. The molecule has 0 atom stereocenters. The van der Waals surface area contributed by atoms with Crippen LogP contribution in [-0.4, -0.2) is 5.11 Å². The van der Waals surface area contributed by atoms with Gasteiger partial charge in [0.2, 0.25) is 0 Å². The smallest absolute Gasteiger partial charge is 0.132 e. The van der Waals surface area contributed by atoms with Gasteiger partial charge < -0.3 is 9.84 Å². The van der Waals surface area contributed by atoms with Crippen molar-refractivity contribution < 1.29 is 9.84 Å². The van der Waals surface area contributed by atoms with Crippen LogP contribution in [0.15, 0.2) is 30.3 Å². The average molecular weight is 341 g/mol. The van der Waals surface area contributed by atoms with Crippen molar-refractivity contribution in [2.75, 3.05) is 0 Å². The van der Waals surface area contributed by atoms with Crippen molar-refractivity contribution in [3.05, 3.63) is 47.0 Å². The van der Waals surface area contributed by atoms with Gasteiger partial charge in [0.15, 0.2) is 0 Å². The van der Waals surface area contributed by atoms with Crippen LogP contribution >= 0.6 is 0 Å². The largest absolute Gasteiger partial charge is 0.507 e. The van der Waals surface area contributed by atoms with Crippen molar-refractivity contribution in [2.45, 2.75) is 72.8 Å². The van der Waals surface area contributed by atoms with Gasteiger partial charge in [-0.25, -0.2) is 0 Å². The summed E-state index contributed by atoms with van der Waals surface area (Å²) in [4.78, 5) is 0. The molecule has 1 aliphatic heterocycles. The maximum atomic E-state index is 10.6. The van der Waals surface area contributed by atoms with E-state index in [9.17, 15) is 5.11 Å². The molecule has 0 saturated heterocycles. The normalized spacial score (nSPS) is 13.8. The summed E-state index contributed by atoms with van der Waals surface area (Å²) in [5.41, 5.74) is 5.02. The van der Waals surface area contributed by atoms with E-state index in [0.717, 1.165) is 40.8 Å². The van der Waals surface area contributed by atoms with Crippen LogP contribution in [-0.2, 0) is 12.0 Å². The third kappa shape index (κ3) is 4.00. The van der Waals surface area contributed by atoms with Crippen LogP contribution in [0.1, 0.15) is 70.6 Å². The molecule has 0 aromatic heterocycles. The Labute approximate surface area is 152 Å². The third-order valence-corrected chi connectivity index (χ3v) is 4.67. The summed E-state index contributed by atoms with van der Waals surface area (Å²) in [6, 6.07) is 10.4. The minimum Gasteiger partial charge on any atom is -0.507 e. The van der Waals surface area contributed by atoms with Gasteiger partial charge in [-0.3, -0.25) is 0 Å². The summed E-state index contributed by atoms with van der Waals surface area (Å²) in [7, 11) is 0. The fourth-order valence-corrected chi connectivity index (χ4v) is 3.45. The monoisotopic (exact) mass is 340 g/mol. The number of hydrogen-bond donors (Lipinski definition) is 1. The average Bonchev–Trinajstić information content (AvgIpc) is 2.55. The van der Waals surface area contributed by atoms with Gasteiger partial charge in [0.1, 0.15) is 17.1 Å². The lowest BCUT2D eigenvalue weighted by atomic mass is 9.84. The first-order valence-corrected chi connectivity index (χ1v) is 9.59. The molecule has 3 rings (SSSR count). The van der Waals surface area contributed by atoms with E-state index in [1.807, 2.05) is 19.9 Å². The number of unbranched alkanes of at least 4 members (excludes halogenated alkanes) is 2. The van der Waals surface area contributed by atoms with Crippen LogP contribution < -0.4 is 4.74 Å². The molecule has 1 N–H and O–H groups in total. The number of rotatable bonds is 4. The van der Waals surface area contributed by atoms with Gasteiger partial charge in [0.25, 0.3) is 0 Å². The highest BCUT2D eigenvalue weighted by molar-refractivity contribution is 5.82. The van der Waals surface area contributed by atoms with Crippen molar-refractivity contribution >= 4 is 0 Å². The van der Waals surface area contributed by atoms with E-state index in [0.29, 0.717) is 5.75 Å². The Balaban J connectivity index is 0.00000109. The molecule has 0 saturated carbocycles. The zero-order valence-electron chi connectivity index (χ0n) is 16.6. The van der Waals surface area contributed by atoms with E-state index < -0.39 is 0 Å². The molecule has 0 spiro atoms. The van der Waals surface area contributed by atoms with Crippen molar-refractivity contribution in [3.8, 4) is 22.6 Å². The highest BCUT2D eigenvalue weighted by atomic mass is 16.5. The fourth-order valence-electron chi connectivity index (χ4n) is 3.45. The van der Waals surface area contributed by atoms with Gasteiger partial charge in [0.05, 0.1) is 5.56 Å². The van der Waals surface area contributed by atoms with Crippen molar-refractivity contribution in [1.82, 2.24) is 0 Å². The fraction of sp³-hybridized carbons (Fsp3) is 0.478. The first-order chi connectivity index (χ1) is 11.9. The number of phenolic OH excluding ortho intramolecular Hbond substituents is 1. The molecule has 0 aliphatic carbocycles. The SMILES string of the molecule is CC.CCCCCc1cc(O)c2c(c1)OC(C)(C)c1ccc(C)cc1-2. The van der Waals surface area contributed by atoms with E-state index in [-0.39, 0.29) is 5.60 Å². The molecule has 1 aliphatic rings. The van der Waals surface area contributed by atoms with Gasteiger partial charge in [-0.2, -0.15) is 0 Å². The number of ether oxygens (including phenoxy) is 1. The van der Waals surface area contributed by atoms with Crippen molar-refractivity contribution in [1.29, 1.82) is 0 Å². The summed E-state index contributed by atoms with van der Waals surface area (Å²) >= 11 is 0. The Morgan fingerprint density at radius 3 is 2.44 bits per heavy atom. The maximum absolute atomic E-state index is 10.6. The van der Waals surface area contributed by atoms with Crippen LogP contribution in [0.3, 0.4) is 0 Å². The molecule has 1 heterocycles. The van der Waals surface area contributed by atoms with E-state index in [4.69, 9.17) is 4.74 Å². The van der Waals surface area contributed by atoms with E-state index in [2.05, 4.69) is 52.0 Å². The van der Waals surface area contributed by atoms with Gasteiger partial charge in [-0.15, -0.1) is 0 Å². The van der Waals surface area contributed by atoms with Gasteiger partial charge in [0, 0.05) is 5.56 Å². The zero-order valence-corrected chi connectivity index (χ0v) is 16.6. The van der Waals surface area contributed by atoms with Crippen LogP contribution in [0.4, 0.5) is 0 Å². The highest BCUT2D eigenvalue weighted by Gasteiger charge is 2.34. The van der Waals surface area contributed by atoms with Crippen LogP contribution in [0.25, 0.3) is 11.1 Å². The predicted octanol–water partition coefficient (Wildman–Crippen LogP) is 6.75. The van der Waals surface area contributed by atoms with Crippen LogP contribution in [0.5, 0.6) is 11.5 Å². The van der Waals surface area contributed by atoms with Crippen LogP contribution in [0.2, 0.25) is 0 Å². The number of hydrogen-bond acceptors (Lipinski definition) is 2. The van der Waals surface area contributed by atoms with Gasteiger partial charge in [-0.1, -0.05) is 57.4 Å². The minimum atomic E-state index is -0.384. The Hall–Kier alpha value is -1.96. The molecule has 2 aromatic rings. The van der Waals surface area contributed by atoms with Gasteiger partial charge >= 0.3 is 0 Å². The zero-order chi connectivity index (χ0) is 18.6. The second kappa shape index (κ2) is 7.95.